The Labute approximate surface area is 131 Å². The zero-order valence-corrected chi connectivity index (χ0v) is 14.1. The van der Waals surface area contributed by atoms with Gasteiger partial charge in [-0.1, -0.05) is 25.5 Å². The molecule has 5 heteroatoms. The second-order valence-corrected chi connectivity index (χ2v) is 6.02. The summed E-state index contributed by atoms with van der Waals surface area (Å²) in [5.41, 5.74) is 1.98. The van der Waals surface area contributed by atoms with E-state index >= 15 is 0 Å². The summed E-state index contributed by atoms with van der Waals surface area (Å²) in [5, 5.41) is 2.68. The summed E-state index contributed by atoms with van der Waals surface area (Å²) in [5.74, 6) is 0.263. The summed E-state index contributed by atoms with van der Waals surface area (Å²) in [4.78, 5) is 24.0. The van der Waals surface area contributed by atoms with Gasteiger partial charge in [-0.15, -0.1) is 0 Å². The van der Waals surface area contributed by atoms with E-state index in [1.807, 2.05) is 33.8 Å². The Morgan fingerprint density at radius 2 is 2.00 bits per heavy atom. The minimum Gasteiger partial charge on any atom is -0.467 e. The van der Waals surface area contributed by atoms with E-state index in [0.29, 0.717) is 12.2 Å². The number of allylic oxidation sites excluding steroid dienone is 1. The maximum Gasteiger partial charge on any atom is 0.328 e. The monoisotopic (exact) mass is 307 g/mol. The van der Waals surface area contributed by atoms with Crippen LogP contribution >= 0.6 is 0 Å². The van der Waals surface area contributed by atoms with Crippen LogP contribution in [0.25, 0.3) is 6.08 Å². The molecule has 0 aliphatic heterocycles. The van der Waals surface area contributed by atoms with Crippen LogP contribution in [0.5, 0.6) is 0 Å². The number of hydrogen-bond donors (Lipinski definition) is 1. The van der Waals surface area contributed by atoms with E-state index in [1.165, 1.54) is 7.11 Å². The highest BCUT2D eigenvalue weighted by Crippen LogP contribution is 2.18. The fourth-order valence-electron chi connectivity index (χ4n) is 2.12. The van der Waals surface area contributed by atoms with Gasteiger partial charge in [0.2, 0.25) is 0 Å². The van der Waals surface area contributed by atoms with Crippen LogP contribution in [0.4, 0.5) is 0 Å². The Hall–Kier alpha value is -2.04. The first-order valence-corrected chi connectivity index (χ1v) is 7.38. The number of hydrogen-bond acceptors (Lipinski definition) is 4. The molecule has 0 fully saturated rings. The molecular weight excluding hydrogens is 282 g/mol. The maximum absolute atomic E-state index is 12.3. The number of ether oxygens (including phenoxy) is 1. The van der Waals surface area contributed by atoms with Gasteiger partial charge in [0.15, 0.2) is 5.76 Å². The van der Waals surface area contributed by atoms with Crippen molar-refractivity contribution in [2.75, 3.05) is 7.11 Å². The molecular formula is C17H25NO4. The van der Waals surface area contributed by atoms with Gasteiger partial charge in [-0.3, -0.25) is 4.79 Å². The predicted molar refractivity (Wildman–Crippen MR) is 85.5 cm³/mol. The van der Waals surface area contributed by atoms with Crippen LogP contribution in [0.2, 0.25) is 0 Å². The summed E-state index contributed by atoms with van der Waals surface area (Å²) in [6.07, 6.45) is 2.46. The van der Waals surface area contributed by atoms with E-state index < -0.39 is 17.9 Å². The third-order valence-corrected chi connectivity index (χ3v) is 3.12. The van der Waals surface area contributed by atoms with Gasteiger partial charge in [0.1, 0.15) is 11.8 Å². The first-order valence-electron chi connectivity index (χ1n) is 7.38. The molecule has 0 saturated heterocycles. The quantitative estimate of drug-likeness (QED) is 0.819. The number of carbonyl (C=O) groups is 2. The van der Waals surface area contributed by atoms with Crippen molar-refractivity contribution < 1.29 is 18.7 Å². The first-order chi connectivity index (χ1) is 10.2. The van der Waals surface area contributed by atoms with Crippen molar-refractivity contribution >= 4 is 18.0 Å². The zero-order valence-electron chi connectivity index (χ0n) is 14.1. The van der Waals surface area contributed by atoms with E-state index in [1.54, 1.807) is 13.0 Å². The molecule has 1 aromatic rings. The zero-order chi connectivity index (χ0) is 16.9. The summed E-state index contributed by atoms with van der Waals surface area (Å²) in [6.45, 7) is 9.71. The van der Waals surface area contributed by atoms with Crippen LogP contribution < -0.4 is 5.32 Å². The molecule has 0 aliphatic rings. The number of aryl methyl sites for hydroxylation is 1. The van der Waals surface area contributed by atoms with Gasteiger partial charge in [0.05, 0.1) is 7.11 Å². The Kier molecular flexibility index (Phi) is 6.40. The lowest BCUT2D eigenvalue weighted by molar-refractivity contribution is -0.143. The highest BCUT2D eigenvalue weighted by Gasteiger charge is 2.24. The molecule has 122 valence electrons. The number of furan rings is 1. The first kappa shape index (κ1) is 18.0. The normalized spacial score (nSPS) is 12.0. The molecule has 0 spiro atoms. The Morgan fingerprint density at radius 3 is 2.50 bits per heavy atom. The molecule has 1 amide bonds. The minimum absolute atomic E-state index is 0.197. The molecule has 0 radical (unpaired) electrons. The number of rotatable bonds is 6. The Balaban J connectivity index is 2.90. The number of methoxy groups -OCH3 is 1. The highest BCUT2D eigenvalue weighted by atomic mass is 16.5. The van der Waals surface area contributed by atoms with E-state index in [9.17, 15) is 9.59 Å². The SMILES string of the molecule is COC(=O)C(CC(C)C)NC(=O)c1cc(C=C(C)C)c(C)o1. The average molecular weight is 307 g/mol. The molecule has 1 heterocycles. The largest absolute Gasteiger partial charge is 0.467 e. The summed E-state index contributed by atoms with van der Waals surface area (Å²) in [7, 11) is 1.31. The van der Waals surface area contributed by atoms with Crippen LogP contribution in [0, 0.1) is 12.8 Å². The molecule has 0 bridgehead atoms. The van der Waals surface area contributed by atoms with Crippen LogP contribution in [-0.2, 0) is 9.53 Å². The molecule has 1 rings (SSSR count). The number of nitrogens with one attached hydrogen (secondary N) is 1. The van der Waals surface area contributed by atoms with Crippen molar-refractivity contribution in [2.24, 2.45) is 5.92 Å². The molecule has 5 nitrogen and oxygen atoms in total. The lowest BCUT2D eigenvalue weighted by Gasteiger charge is -2.17. The van der Waals surface area contributed by atoms with Crippen molar-refractivity contribution in [2.45, 2.75) is 47.1 Å². The second kappa shape index (κ2) is 7.82. The number of esters is 1. The van der Waals surface area contributed by atoms with Crippen molar-refractivity contribution in [1.82, 2.24) is 5.32 Å². The Morgan fingerprint density at radius 1 is 1.36 bits per heavy atom. The van der Waals surface area contributed by atoms with E-state index in [-0.39, 0.29) is 11.7 Å². The van der Waals surface area contributed by atoms with Gasteiger partial charge in [-0.05, 0) is 39.2 Å². The lowest BCUT2D eigenvalue weighted by atomic mass is 10.0. The van der Waals surface area contributed by atoms with Gasteiger partial charge >= 0.3 is 5.97 Å². The molecule has 1 unspecified atom stereocenters. The van der Waals surface area contributed by atoms with Crippen LogP contribution in [0.3, 0.4) is 0 Å². The Bertz CT molecular complexity index is 565. The van der Waals surface area contributed by atoms with Crippen molar-refractivity contribution in [3.05, 3.63) is 28.7 Å². The highest BCUT2D eigenvalue weighted by molar-refractivity contribution is 5.95. The fraction of sp³-hybridized carbons (Fsp3) is 0.529. The van der Waals surface area contributed by atoms with Gasteiger partial charge in [-0.25, -0.2) is 4.79 Å². The molecule has 22 heavy (non-hydrogen) atoms. The molecule has 0 saturated carbocycles. The van der Waals surface area contributed by atoms with E-state index in [4.69, 9.17) is 9.15 Å². The second-order valence-electron chi connectivity index (χ2n) is 6.02. The topological polar surface area (TPSA) is 68.5 Å². The number of carbonyl (C=O) groups excluding carboxylic acids is 2. The summed E-state index contributed by atoms with van der Waals surface area (Å²) in [6, 6.07) is 1.01. The van der Waals surface area contributed by atoms with Gasteiger partial charge in [0, 0.05) is 5.56 Å². The van der Waals surface area contributed by atoms with E-state index in [0.717, 1.165) is 11.1 Å². The number of amides is 1. The smallest absolute Gasteiger partial charge is 0.328 e. The van der Waals surface area contributed by atoms with Crippen molar-refractivity contribution in [3.8, 4) is 0 Å². The standard InChI is InChI=1S/C17H25NO4/c1-10(2)7-13-9-15(22-12(13)5)16(19)18-14(8-11(3)4)17(20)21-6/h7,9,11,14H,8H2,1-6H3,(H,18,19). The van der Waals surface area contributed by atoms with Crippen molar-refractivity contribution in [3.63, 3.8) is 0 Å². The lowest BCUT2D eigenvalue weighted by Crippen LogP contribution is -2.42. The van der Waals surface area contributed by atoms with Crippen LogP contribution in [0.15, 0.2) is 16.1 Å². The minimum atomic E-state index is -0.671. The van der Waals surface area contributed by atoms with E-state index in [2.05, 4.69) is 5.32 Å². The van der Waals surface area contributed by atoms with Crippen LogP contribution in [0.1, 0.15) is 56.0 Å². The fourth-order valence-corrected chi connectivity index (χ4v) is 2.12. The summed E-state index contributed by atoms with van der Waals surface area (Å²) < 4.78 is 10.2. The molecule has 0 aromatic carbocycles. The molecule has 1 atom stereocenters. The van der Waals surface area contributed by atoms with Gasteiger partial charge in [-0.2, -0.15) is 0 Å². The third kappa shape index (κ3) is 5.06. The maximum atomic E-state index is 12.3. The third-order valence-electron chi connectivity index (χ3n) is 3.12. The van der Waals surface area contributed by atoms with Crippen molar-refractivity contribution in [1.29, 1.82) is 0 Å². The average Bonchev–Trinajstić information content (AvgIpc) is 2.77. The molecule has 1 aromatic heterocycles. The van der Waals surface area contributed by atoms with Gasteiger partial charge in [0.25, 0.3) is 5.91 Å². The predicted octanol–water partition coefficient (Wildman–Crippen LogP) is 3.33. The molecule has 0 aliphatic carbocycles. The summed E-state index contributed by atoms with van der Waals surface area (Å²) >= 11 is 0. The molecule has 1 N–H and O–H groups in total. The van der Waals surface area contributed by atoms with Crippen LogP contribution in [-0.4, -0.2) is 25.0 Å². The van der Waals surface area contributed by atoms with Gasteiger partial charge < -0.3 is 14.5 Å².